The molecule has 0 bridgehead atoms. The number of aliphatic hydroxyl groups excluding tert-OH is 2. The molecule has 308 valence electrons. The van der Waals surface area contributed by atoms with Gasteiger partial charge < -0.3 is 38.8 Å². The molecule has 0 aliphatic carbocycles. The molecule has 4 aliphatic heterocycles. The number of carbonyl (C=O) groups excluding carboxylic acids is 2. The zero-order valence-electron chi connectivity index (χ0n) is 33.2. The standard InChI is InChI=1S/2C21H26N4O4/c2*1-3-5-13-6-7-17-18-15(9-24(17)21(13)28)16(10-26)19(20(27)22-4-2)25(18)8-14-11-29-12-23-14/h2*3,5-7,11-12,15-16,18-19,26H,4,8-10H2,1-2H3,(H,22,27)/b5-3+;5-3-/t2*15-,16-,18+,19-/m11/s1. The summed E-state index contributed by atoms with van der Waals surface area (Å²) in [6, 6.07) is 6.30. The van der Waals surface area contributed by atoms with E-state index in [1.54, 1.807) is 33.8 Å². The third-order valence-electron chi connectivity index (χ3n) is 12.0. The fourth-order valence-corrected chi connectivity index (χ4v) is 9.78. The maximum Gasteiger partial charge on any atom is 0.258 e. The van der Waals surface area contributed by atoms with Crippen molar-refractivity contribution in [1.29, 1.82) is 0 Å². The second-order valence-electron chi connectivity index (χ2n) is 15.2. The van der Waals surface area contributed by atoms with Crippen molar-refractivity contribution in [3.63, 3.8) is 0 Å². The highest BCUT2D eigenvalue weighted by atomic mass is 16.3. The van der Waals surface area contributed by atoms with Crippen LogP contribution in [0, 0.1) is 23.7 Å². The van der Waals surface area contributed by atoms with Crippen LogP contribution in [0.3, 0.4) is 0 Å². The minimum Gasteiger partial charge on any atom is -0.451 e. The number of pyridine rings is 2. The van der Waals surface area contributed by atoms with E-state index in [1.165, 1.54) is 12.8 Å². The molecule has 2 saturated heterocycles. The molecule has 16 heteroatoms. The topological polar surface area (TPSA) is 201 Å². The van der Waals surface area contributed by atoms with Crippen LogP contribution in [0.1, 0.15) is 73.7 Å². The number of carbonyl (C=O) groups is 2. The Labute approximate surface area is 335 Å². The van der Waals surface area contributed by atoms with Gasteiger partial charge in [-0.1, -0.05) is 24.3 Å². The molecule has 2 fully saturated rings. The van der Waals surface area contributed by atoms with Crippen molar-refractivity contribution in [3.8, 4) is 0 Å². The van der Waals surface area contributed by atoms with E-state index >= 15 is 0 Å². The highest BCUT2D eigenvalue weighted by molar-refractivity contribution is 5.83. The van der Waals surface area contributed by atoms with E-state index in [2.05, 4.69) is 30.4 Å². The minimum atomic E-state index is -0.495. The van der Waals surface area contributed by atoms with Gasteiger partial charge in [-0.25, -0.2) is 9.97 Å². The molecule has 16 nitrogen and oxygen atoms in total. The molecule has 0 unspecified atom stereocenters. The van der Waals surface area contributed by atoms with Gasteiger partial charge in [-0.15, -0.1) is 0 Å². The van der Waals surface area contributed by atoms with Gasteiger partial charge in [0.25, 0.3) is 11.1 Å². The molecule has 0 aromatic carbocycles. The zero-order chi connectivity index (χ0) is 41.1. The van der Waals surface area contributed by atoms with Crippen molar-refractivity contribution < 1.29 is 28.6 Å². The Bertz CT molecular complexity index is 2090. The van der Waals surface area contributed by atoms with Crippen LogP contribution in [-0.4, -0.2) is 89.3 Å². The first-order chi connectivity index (χ1) is 28.2. The lowest BCUT2D eigenvalue weighted by atomic mass is 9.88. The van der Waals surface area contributed by atoms with E-state index in [-0.39, 0.29) is 71.9 Å². The van der Waals surface area contributed by atoms with Crippen LogP contribution >= 0.6 is 0 Å². The average Bonchev–Trinajstić information content (AvgIpc) is 4.07. The molecule has 0 spiro atoms. The molecule has 4 aromatic heterocycles. The Morgan fingerprint density at radius 3 is 1.47 bits per heavy atom. The molecule has 8 heterocycles. The minimum absolute atomic E-state index is 0.0342. The molecule has 4 N–H and O–H groups in total. The number of fused-ring (bicyclic) bond motifs is 6. The van der Waals surface area contributed by atoms with Gasteiger partial charge in [0.2, 0.25) is 11.8 Å². The van der Waals surface area contributed by atoms with E-state index in [0.29, 0.717) is 61.8 Å². The Kier molecular flexibility index (Phi) is 12.4. The van der Waals surface area contributed by atoms with Gasteiger partial charge in [-0.2, -0.15) is 0 Å². The molecule has 4 aromatic rings. The van der Waals surface area contributed by atoms with Gasteiger partial charge in [0, 0.05) is 98.7 Å². The van der Waals surface area contributed by atoms with Gasteiger partial charge in [0.15, 0.2) is 12.8 Å². The molecule has 4 aliphatic rings. The number of likely N-dealkylation sites (N-methyl/N-ethyl adjacent to an activating group) is 2. The summed E-state index contributed by atoms with van der Waals surface area (Å²) in [6.45, 7) is 10.1. The number of nitrogens with zero attached hydrogens (tertiary/aromatic N) is 6. The van der Waals surface area contributed by atoms with Crippen LogP contribution in [-0.2, 0) is 35.8 Å². The first-order valence-electron chi connectivity index (χ1n) is 20.0. The number of hydrogen-bond acceptors (Lipinski definition) is 12. The number of amides is 2. The largest absolute Gasteiger partial charge is 0.451 e. The highest BCUT2D eigenvalue weighted by Gasteiger charge is 2.57. The number of rotatable bonds is 12. The first-order valence-corrected chi connectivity index (χ1v) is 20.0. The lowest BCUT2D eigenvalue weighted by Gasteiger charge is -2.30. The fraction of sp³-hybridized carbons (Fsp3) is 0.476. The summed E-state index contributed by atoms with van der Waals surface area (Å²) in [5, 5.41) is 26.2. The van der Waals surface area contributed by atoms with Crippen LogP contribution in [0.4, 0.5) is 0 Å². The Balaban J connectivity index is 0.000000177. The summed E-state index contributed by atoms with van der Waals surface area (Å²) in [4.78, 5) is 64.3. The molecule has 2 amide bonds. The number of nitrogens with one attached hydrogen (secondary N) is 2. The Morgan fingerprint density at radius 1 is 0.724 bits per heavy atom. The zero-order valence-corrected chi connectivity index (χ0v) is 33.2. The van der Waals surface area contributed by atoms with E-state index < -0.39 is 12.1 Å². The van der Waals surface area contributed by atoms with Gasteiger partial charge in [-0.05, 0) is 52.0 Å². The fourth-order valence-electron chi connectivity index (χ4n) is 9.78. The lowest BCUT2D eigenvalue weighted by molar-refractivity contribution is -0.128. The normalized spacial score (nSPS) is 26.0. The molecule has 8 rings (SSSR count). The van der Waals surface area contributed by atoms with Crippen molar-refractivity contribution in [3.05, 3.63) is 116 Å². The Morgan fingerprint density at radius 2 is 1.14 bits per heavy atom. The number of aromatic nitrogens is 4. The van der Waals surface area contributed by atoms with Gasteiger partial charge in [0.05, 0.1) is 35.6 Å². The number of aliphatic hydroxyl groups is 2. The highest BCUT2D eigenvalue weighted by Crippen LogP contribution is 2.51. The van der Waals surface area contributed by atoms with Crippen molar-refractivity contribution in [1.82, 2.24) is 39.5 Å². The average molecular weight is 797 g/mol. The summed E-state index contributed by atoms with van der Waals surface area (Å²) in [5.74, 6) is -0.834. The van der Waals surface area contributed by atoms with Crippen LogP contribution in [0.25, 0.3) is 12.2 Å². The third kappa shape index (κ3) is 7.29. The summed E-state index contributed by atoms with van der Waals surface area (Å²) in [7, 11) is 0. The lowest BCUT2D eigenvalue weighted by Crippen LogP contribution is -2.48. The number of likely N-dealkylation sites (tertiary alicyclic amines) is 2. The van der Waals surface area contributed by atoms with Crippen LogP contribution in [0.5, 0.6) is 0 Å². The van der Waals surface area contributed by atoms with Crippen LogP contribution in [0.2, 0.25) is 0 Å². The maximum atomic E-state index is 12.9. The number of allylic oxidation sites excluding steroid dienone is 2. The van der Waals surface area contributed by atoms with Crippen LogP contribution < -0.4 is 21.8 Å². The number of hydrogen-bond donors (Lipinski definition) is 4. The monoisotopic (exact) mass is 796 g/mol. The van der Waals surface area contributed by atoms with Crippen molar-refractivity contribution in [2.45, 2.75) is 78.0 Å². The van der Waals surface area contributed by atoms with Gasteiger partial charge >= 0.3 is 0 Å². The van der Waals surface area contributed by atoms with Crippen molar-refractivity contribution in [2.24, 2.45) is 23.7 Å². The predicted molar refractivity (Wildman–Crippen MR) is 213 cm³/mol. The maximum absolute atomic E-state index is 12.9. The van der Waals surface area contributed by atoms with E-state index in [9.17, 15) is 29.4 Å². The SMILES string of the molecule is C/C=C/c1ccc2n(c1=O)C[C@@H]1[C@@H](CO)[C@H](C(=O)NCC)N(Cc3cocn3)[C@H]21.C/C=C\c1ccc2n(c1=O)C[C@@H]1[C@@H](CO)[C@H](C(=O)NCC)N(Cc3cocn3)[C@H]21. The second-order valence-corrected chi connectivity index (χ2v) is 15.2. The molecule has 8 atom stereocenters. The predicted octanol–water partition coefficient (Wildman–Crippen LogP) is 2.34. The summed E-state index contributed by atoms with van der Waals surface area (Å²) < 4.78 is 13.8. The summed E-state index contributed by atoms with van der Waals surface area (Å²) in [6.07, 6.45) is 13.2. The van der Waals surface area contributed by atoms with Crippen molar-refractivity contribution in [2.75, 3.05) is 26.3 Å². The Hall–Kier alpha value is -5.42. The summed E-state index contributed by atoms with van der Waals surface area (Å²) >= 11 is 0. The smallest absolute Gasteiger partial charge is 0.258 e. The molecular formula is C42H52N8O8. The molecule has 58 heavy (non-hydrogen) atoms. The molecular weight excluding hydrogens is 745 g/mol. The van der Waals surface area contributed by atoms with Crippen LogP contribution in [0.15, 0.2) is 80.2 Å². The summed E-state index contributed by atoms with van der Waals surface area (Å²) in [5.41, 5.74) is 4.38. The first kappa shape index (κ1) is 40.8. The number of oxazole rings is 2. The van der Waals surface area contributed by atoms with E-state index in [4.69, 9.17) is 8.83 Å². The van der Waals surface area contributed by atoms with E-state index in [1.807, 2.05) is 64.1 Å². The van der Waals surface area contributed by atoms with Crippen molar-refractivity contribution >= 4 is 24.0 Å². The van der Waals surface area contributed by atoms with Gasteiger partial charge in [0.1, 0.15) is 12.5 Å². The third-order valence-corrected chi connectivity index (χ3v) is 12.0. The second kappa shape index (κ2) is 17.6. The van der Waals surface area contributed by atoms with E-state index in [0.717, 1.165) is 11.4 Å². The molecule has 0 saturated carbocycles. The quantitative estimate of drug-likeness (QED) is 0.163. The molecule has 0 radical (unpaired) electrons. The van der Waals surface area contributed by atoms with Gasteiger partial charge in [-0.3, -0.25) is 29.0 Å².